The molecule has 0 unspecified atom stereocenters. The molecule has 0 aromatic heterocycles. The Balaban J connectivity index is 1.98. The molecule has 0 atom stereocenters. The molecular formula is C12H14Br2FN. The van der Waals surface area contributed by atoms with Gasteiger partial charge in [0.05, 0.1) is 0 Å². The highest BCUT2D eigenvalue weighted by atomic mass is 79.9. The van der Waals surface area contributed by atoms with Gasteiger partial charge in [-0.25, -0.2) is 4.39 Å². The Labute approximate surface area is 112 Å². The molecule has 1 aromatic rings. The molecule has 4 heteroatoms. The molecule has 1 aliphatic rings. The summed E-state index contributed by atoms with van der Waals surface area (Å²) in [5, 5.41) is 0. The number of halogens is 3. The smallest absolute Gasteiger partial charge is 0.128 e. The van der Waals surface area contributed by atoms with E-state index < -0.39 is 0 Å². The fourth-order valence-corrected chi connectivity index (χ4v) is 2.69. The first-order valence-electron chi connectivity index (χ1n) is 5.45. The molecule has 0 radical (unpaired) electrons. The molecule has 2 rings (SSSR count). The van der Waals surface area contributed by atoms with Gasteiger partial charge in [-0.15, -0.1) is 0 Å². The van der Waals surface area contributed by atoms with E-state index in [1.807, 2.05) is 12.1 Å². The van der Waals surface area contributed by atoms with Crippen LogP contribution in [0.4, 0.5) is 4.39 Å². The summed E-state index contributed by atoms with van der Waals surface area (Å²) in [5.74, 6) is -0.115. The van der Waals surface area contributed by atoms with Crippen molar-refractivity contribution in [3.63, 3.8) is 0 Å². The van der Waals surface area contributed by atoms with Crippen LogP contribution in [0.2, 0.25) is 0 Å². The second kappa shape index (κ2) is 5.61. The molecule has 1 saturated heterocycles. The second-order valence-electron chi connectivity index (χ2n) is 4.19. The summed E-state index contributed by atoms with van der Waals surface area (Å²) in [4.78, 5) is 2.95. The summed E-state index contributed by atoms with van der Waals surface area (Å²) < 4.78 is 14.4. The van der Waals surface area contributed by atoms with Crippen LogP contribution in [0.15, 0.2) is 22.7 Å². The van der Waals surface area contributed by atoms with Crippen molar-refractivity contribution in [2.75, 3.05) is 13.1 Å². The Morgan fingerprint density at radius 1 is 1.31 bits per heavy atom. The highest BCUT2D eigenvalue weighted by Crippen LogP contribution is 2.21. The Kier molecular flexibility index (Phi) is 4.39. The predicted molar refractivity (Wildman–Crippen MR) is 71.3 cm³/mol. The zero-order chi connectivity index (χ0) is 11.5. The Morgan fingerprint density at radius 2 is 2.00 bits per heavy atom. The van der Waals surface area contributed by atoms with E-state index in [4.69, 9.17) is 0 Å². The maximum absolute atomic E-state index is 13.6. The van der Waals surface area contributed by atoms with Crippen LogP contribution in [-0.2, 0) is 6.54 Å². The Bertz CT molecular complexity index is 362. The third kappa shape index (κ3) is 3.28. The van der Waals surface area contributed by atoms with Crippen LogP contribution in [0.3, 0.4) is 0 Å². The second-order valence-corrected chi connectivity index (χ2v) is 6.40. The van der Waals surface area contributed by atoms with Gasteiger partial charge in [0.15, 0.2) is 0 Å². The van der Waals surface area contributed by atoms with Crippen molar-refractivity contribution in [1.82, 2.24) is 4.90 Å². The highest BCUT2D eigenvalue weighted by molar-refractivity contribution is 9.10. The summed E-state index contributed by atoms with van der Waals surface area (Å²) in [5.41, 5.74) is 0.788. The SMILES string of the molecule is Fc1cc(Br)ccc1CN1CCC(Br)CC1. The van der Waals surface area contributed by atoms with E-state index in [1.165, 1.54) is 6.07 Å². The Hall–Kier alpha value is 0.0700. The van der Waals surface area contributed by atoms with Gasteiger partial charge in [-0.2, -0.15) is 0 Å². The van der Waals surface area contributed by atoms with Gasteiger partial charge in [0.25, 0.3) is 0 Å². The average Bonchev–Trinajstić information content (AvgIpc) is 2.25. The molecule has 0 spiro atoms. The number of hydrogen-bond donors (Lipinski definition) is 0. The van der Waals surface area contributed by atoms with Crippen molar-refractivity contribution in [3.05, 3.63) is 34.1 Å². The standard InChI is InChI=1S/C12H14Br2FN/c13-10-3-5-16(6-4-10)8-9-1-2-11(14)7-12(9)15/h1-2,7,10H,3-6,8H2. The number of likely N-dealkylation sites (tertiary alicyclic amines) is 1. The minimum absolute atomic E-state index is 0.115. The number of hydrogen-bond acceptors (Lipinski definition) is 1. The van der Waals surface area contributed by atoms with E-state index in [-0.39, 0.29) is 5.82 Å². The predicted octanol–water partition coefficient (Wildman–Crippen LogP) is 3.95. The van der Waals surface area contributed by atoms with E-state index in [0.29, 0.717) is 4.83 Å². The number of benzene rings is 1. The minimum Gasteiger partial charge on any atom is -0.299 e. The third-order valence-electron chi connectivity index (χ3n) is 2.93. The van der Waals surface area contributed by atoms with Crippen LogP contribution in [0, 0.1) is 5.82 Å². The molecule has 0 bridgehead atoms. The largest absolute Gasteiger partial charge is 0.299 e. The van der Waals surface area contributed by atoms with Gasteiger partial charge in [-0.3, -0.25) is 4.90 Å². The average molecular weight is 351 g/mol. The number of rotatable bonds is 2. The van der Waals surface area contributed by atoms with Crippen LogP contribution >= 0.6 is 31.9 Å². The molecule has 1 nitrogen and oxygen atoms in total. The van der Waals surface area contributed by atoms with E-state index in [1.54, 1.807) is 0 Å². The van der Waals surface area contributed by atoms with Gasteiger partial charge in [0.2, 0.25) is 0 Å². The number of nitrogens with zero attached hydrogens (tertiary/aromatic N) is 1. The van der Waals surface area contributed by atoms with Gasteiger partial charge in [0, 0.05) is 21.4 Å². The van der Waals surface area contributed by atoms with E-state index in [0.717, 1.165) is 42.5 Å². The lowest BCUT2D eigenvalue weighted by Crippen LogP contribution is -2.33. The van der Waals surface area contributed by atoms with Crippen molar-refractivity contribution in [2.45, 2.75) is 24.2 Å². The third-order valence-corrected chi connectivity index (χ3v) is 4.34. The topological polar surface area (TPSA) is 3.24 Å². The summed E-state index contributed by atoms with van der Waals surface area (Å²) in [6.07, 6.45) is 2.30. The molecule has 0 amide bonds. The van der Waals surface area contributed by atoms with Gasteiger partial charge in [0.1, 0.15) is 5.82 Å². The fourth-order valence-electron chi connectivity index (χ4n) is 1.95. The zero-order valence-electron chi connectivity index (χ0n) is 8.93. The van der Waals surface area contributed by atoms with Crippen LogP contribution in [0.25, 0.3) is 0 Å². The van der Waals surface area contributed by atoms with Crippen LogP contribution in [0.5, 0.6) is 0 Å². The number of alkyl halides is 1. The van der Waals surface area contributed by atoms with Crippen molar-refractivity contribution in [2.24, 2.45) is 0 Å². The summed E-state index contributed by atoms with van der Waals surface area (Å²) in [6.45, 7) is 2.82. The van der Waals surface area contributed by atoms with Gasteiger partial charge in [-0.1, -0.05) is 37.9 Å². The van der Waals surface area contributed by atoms with Crippen molar-refractivity contribution >= 4 is 31.9 Å². The lowest BCUT2D eigenvalue weighted by atomic mass is 10.1. The first-order valence-corrected chi connectivity index (χ1v) is 7.16. The maximum Gasteiger partial charge on any atom is 0.128 e. The normalized spacial score (nSPS) is 18.9. The molecule has 1 fully saturated rings. The van der Waals surface area contributed by atoms with E-state index in [9.17, 15) is 4.39 Å². The van der Waals surface area contributed by atoms with Gasteiger partial charge >= 0.3 is 0 Å². The molecule has 1 aromatic carbocycles. The van der Waals surface area contributed by atoms with E-state index >= 15 is 0 Å². The summed E-state index contributed by atoms with van der Waals surface area (Å²) >= 11 is 6.89. The summed E-state index contributed by atoms with van der Waals surface area (Å²) in [6, 6.07) is 5.29. The molecule has 0 aliphatic carbocycles. The van der Waals surface area contributed by atoms with Gasteiger partial charge in [-0.05, 0) is 38.1 Å². The first kappa shape index (κ1) is 12.5. The molecular weight excluding hydrogens is 337 g/mol. The molecule has 1 heterocycles. The fraction of sp³-hybridized carbons (Fsp3) is 0.500. The van der Waals surface area contributed by atoms with Crippen molar-refractivity contribution < 1.29 is 4.39 Å². The molecule has 88 valence electrons. The quantitative estimate of drug-likeness (QED) is 0.730. The minimum atomic E-state index is -0.115. The van der Waals surface area contributed by atoms with Crippen LogP contribution in [0.1, 0.15) is 18.4 Å². The summed E-state index contributed by atoms with van der Waals surface area (Å²) in [7, 11) is 0. The molecule has 0 N–H and O–H groups in total. The lowest BCUT2D eigenvalue weighted by Gasteiger charge is -2.29. The molecule has 1 aliphatic heterocycles. The first-order chi connectivity index (χ1) is 7.65. The molecule has 16 heavy (non-hydrogen) atoms. The number of piperidine rings is 1. The van der Waals surface area contributed by atoms with Gasteiger partial charge < -0.3 is 0 Å². The van der Waals surface area contributed by atoms with E-state index in [2.05, 4.69) is 36.8 Å². The van der Waals surface area contributed by atoms with Crippen LogP contribution in [-0.4, -0.2) is 22.8 Å². The zero-order valence-corrected chi connectivity index (χ0v) is 12.1. The van der Waals surface area contributed by atoms with Crippen molar-refractivity contribution in [3.8, 4) is 0 Å². The Morgan fingerprint density at radius 3 is 2.62 bits per heavy atom. The monoisotopic (exact) mass is 349 g/mol. The lowest BCUT2D eigenvalue weighted by molar-refractivity contribution is 0.223. The van der Waals surface area contributed by atoms with Crippen molar-refractivity contribution in [1.29, 1.82) is 0 Å². The van der Waals surface area contributed by atoms with Crippen LogP contribution < -0.4 is 0 Å². The maximum atomic E-state index is 13.6. The highest BCUT2D eigenvalue weighted by Gasteiger charge is 2.17. The molecule has 0 saturated carbocycles.